The minimum atomic E-state index is -0.175. The fourth-order valence-electron chi connectivity index (χ4n) is 9.65. The Balaban J connectivity index is 1.30. The van der Waals surface area contributed by atoms with E-state index in [4.69, 9.17) is 14.2 Å². The Labute approximate surface area is 170 Å². The molecule has 0 aromatic carbocycles. The number of esters is 2. The fourth-order valence-corrected chi connectivity index (χ4v) is 9.65. The van der Waals surface area contributed by atoms with Crippen LogP contribution >= 0.6 is 0 Å². The van der Waals surface area contributed by atoms with Crippen molar-refractivity contribution in [3.05, 3.63) is 23.3 Å². The second kappa shape index (κ2) is 5.54. The van der Waals surface area contributed by atoms with Gasteiger partial charge < -0.3 is 14.2 Å². The van der Waals surface area contributed by atoms with Crippen molar-refractivity contribution >= 4 is 11.9 Å². The minimum absolute atomic E-state index is 0.175. The Kier molecular flexibility index (Phi) is 3.27. The molecule has 0 aromatic rings. The van der Waals surface area contributed by atoms with E-state index in [-0.39, 0.29) is 11.9 Å². The zero-order chi connectivity index (χ0) is 19.6. The Bertz CT molecular complexity index is 804. The molecule has 12 atom stereocenters. The number of rotatable bonds is 4. The summed E-state index contributed by atoms with van der Waals surface area (Å²) in [6.07, 6.45) is 6.50. The highest BCUT2D eigenvalue weighted by atomic mass is 16.6. The number of ether oxygens (including phenoxy) is 3. The van der Waals surface area contributed by atoms with Crippen LogP contribution in [0.25, 0.3) is 0 Å². The molecule has 5 nitrogen and oxygen atoms in total. The number of hydrogen-bond donors (Lipinski definition) is 0. The summed E-state index contributed by atoms with van der Waals surface area (Å²) < 4.78 is 16.7. The number of hydrogen-bond acceptors (Lipinski definition) is 5. The minimum Gasteiger partial charge on any atom is -0.463 e. The first-order chi connectivity index (χ1) is 14.1. The molecule has 154 valence electrons. The van der Waals surface area contributed by atoms with Crippen LogP contribution in [0, 0.1) is 59.2 Å². The topological polar surface area (TPSA) is 65.1 Å². The third kappa shape index (κ3) is 1.92. The van der Waals surface area contributed by atoms with E-state index in [1.807, 2.05) is 26.0 Å². The SMILES string of the molecule is CCOC(=O)/C=C1\C[C@H]2[C@H]3C/C(=C\C(=O)OCC)[C@H]4[C@@H]3C3C5[C@H]([C@@H]6O[C@@H]6[C@H]54)[C@@H]1[C@H]32. The lowest BCUT2D eigenvalue weighted by atomic mass is 9.81. The largest absolute Gasteiger partial charge is 0.463 e. The first kappa shape index (κ1) is 17.1. The molecule has 7 fully saturated rings. The van der Waals surface area contributed by atoms with Crippen LogP contribution in [0.2, 0.25) is 0 Å². The summed E-state index contributed by atoms with van der Waals surface area (Å²) in [5.74, 6) is 6.15. The summed E-state index contributed by atoms with van der Waals surface area (Å²) in [5, 5.41) is 0. The van der Waals surface area contributed by atoms with Crippen LogP contribution in [0.15, 0.2) is 23.3 Å². The molecule has 29 heavy (non-hydrogen) atoms. The summed E-state index contributed by atoms with van der Waals surface area (Å²) in [5.41, 5.74) is 2.68. The molecule has 1 aliphatic heterocycles. The van der Waals surface area contributed by atoms with Crippen LogP contribution in [0.3, 0.4) is 0 Å². The van der Waals surface area contributed by atoms with Gasteiger partial charge in [0.25, 0.3) is 0 Å². The van der Waals surface area contributed by atoms with E-state index in [2.05, 4.69) is 0 Å². The summed E-state index contributed by atoms with van der Waals surface area (Å²) in [4.78, 5) is 24.5. The number of carbonyl (C=O) groups is 2. The Morgan fingerprint density at radius 2 is 1.24 bits per heavy atom. The van der Waals surface area contributed by atoms with E-state index in [0.29, 0.717) is 60.9 Å². The standard InChI is InChI=1S/C24H28O5/c1-3-27-13(25)7-9-5-11-12-6-10(8-14(26)28-4-2)16-18(12)19-17(11)15(9)21-20(19)22(16)24-23(21)29-24/h7-8,11-12,15-24H,3-6H2,1-2H3/b9-7+,10-8+/t11-,12+,15-,16-,17+,18+,19?,20?,21+,22-,23-,24+/m0/s1. The van der Waals surface area contributed by atoms with E-state index < -0.39 is 0 Å². The van der Waals surface area contributed by atoms with Crippen molar-refractivity contribution in [3.63, 3.8) is 0 Å². The first-order valence-electron chi connectivity index (χ1n) is 11.5. The fraction of sp³-hybridized carbons (Fsp3) is 0.750. The predicted molar refractivity (Wildman–Crippen MR) is 102 cm³/mol. The van der Waals surface area contributed by atoms with Crippen molar-refractivity contribution in [2.24, 2.45) is 59.2 Å². The van der Waals surface area contributed by atoms with E-state index in [1.165, 1.54) is 11.1 Å². The average Bonchev–Trinajstić information content (AvgIpc) is 3.08. The van der Waals surface area contributed by atoms with Crippen LogP contribution in [-0.2, 0) is 23.8 Å². The van der Waals surface area contributed by atoms with Crippen LogP contribution < -0.4 is 0 Å². The monoisotopic (exact) mass is 396 g/mol. The molecular formula is C24H28O5. The van der Waals surface area contributed by atoms with Crippen LogP contribution in [-0.4, -0.2) is 37.4 Å². The highest BCUT2D eigenvalue weighted by molar-refractivity contribution is 5.83. The van der Waals surface area contributed by atoms with Crippen LogP contribution in [0.1, 0.15) is 26.7 Å². The second-order valence-electron chi connectivity index (χ2n) is 10.3. The molecule has 6 aliphatic carbocycles. The molecule has 0 amide bonds. The summed E-state index contributed by atoms with van der Waals surface area (Å²) >= 11 is 0. The first-order valence-corrected chi connectivity index (χ1v) is 11.5. The third-order valence-corrected chi connectivity index (χ3v) is 9.72. The summed E-state index contributed by atoms with van der Waals surface area (Å²) in [7, 11) is 0. The lowest BCUT2D eigenvalue weighted by Crippen LogP contribution is -2.24. The highest BCUT2D eigenvalue weighted by Gasteiger charge is 2.83. The molecule has 7 rings (SSSR count). The average molecular weight is 396 g/mol. The van der Waals surface area contributed by atoms with Gasteiger partial charge in [-0.1, -0.05) is 11.1 Å². The van der Waals surface area contributed by atoms with Gasteiger partial charge >= 0.3 is 11.9 Å². The Hall–Kier alpha value is -1.62. The smallest absolute Gasteiger partial charge is 0.330 e. The molecule has 0 spiro atoms. The van der Waals surface area contributed by atoms with Crippen molar-refractivity contribution in [2.75, 3.05) is 13.2 Å². The third-order valence-electron chi connectivity index (χ3n) is 9.72. The zero-order valence-electron chi connectivity index (χ0n) is 17.0. The predicted octanol–water partition coefficient (Wildman–Crippen LogP) is 2.76. The van der Waals surface area contributed by atoms with E-state index in [1.54, 1.807) is 0 Å². The second-order valence-corrected chi connectivity index (χ2v) is 10.3. The van der Waals surface area contributed by atoms with E-state index in [0.717, 1.165) is 36.5 Å². The maximum Gasteiger partial charge on any atom is 0.330 e. The highest BCUT2D eigenvalue weighted by Crippen LogP contribution is 2.83. The van der Waals surface area contributed by atoms with Gasteiger partial charge in [0.05, 0.1) is 25.4 Å². The molecule has 0 N–H and O–H groups in total. The maximum absolute atomic E-state index is 12.3. The van der Waals surface area contributed by atoms with Crippen LogP contribution in [0.5, 0.6) is 0 Å². The van der Waals surface area contributed by atoms with Gasteiger partial charge in [0.2, 0.25) is 0 Å². The van der Waals surface area contributed by atoms with Crippen LogP contribution in [0.4, 0.5) is 0 Å². The van der Waals surface area contributed by atoms with Crippen molar-refractivity contribution < 1.29 is 23.8 Å². The number of carbonyl (C=O) groups excluding carboxylic acids is 2. The lowest BCUT2D eigenvalue weighted by molar-refractivity contribution is -0.138. The zero-order valence-corrected chi connectivity index (χ0v) is 17.0. The molecule has 0 radical (unpaired) electrons. The summed E-state index contributed by atoms with van der Waals surface area (Å²) in [6, 6.07) is 0. The molecule has 2 unspecified atom stereocenters. The molecule has 6 saturated carbocycles. The van der Waals surface area contributed by atoms with Gasteiger partial charge in [-0.15, -0.1) is 0 Å². The lowest BCUT2D eigenvalue weighted by Gasteiger charge is -2.25. The van der Waals surface area contributed by atoms with Crippen molar-refractivity contribution in [1.29, 1.82) is 0 Å². The molecule has 0 aromatic heterocycles. The van der Waals surface area contributed by atoms with Gasteiger partial charge in [0, 0.05) is 12.2 Å². The van der Waals surface area contributed by atoms with Gasteiger partial charge in [-0.05, 0) is 85.9 Å². The van der Waals surface area contributed by atoms with Gasteiger partial charge in [-0.25, -0.2) is 9.59 Å². The van der Waals surface area contributed by atoms with Gasteiger partial charge in [0.15, 0.2) is 0 Å². The Morgan fingerprint density at radius 1 is 0.793 bits per heavy atom. The van der Waals surface area contributed by atoms with Gasteiger partial charge in [0.1, 0.15) is 0 Å². The molecule has 0 bridgehead atoms. The summed E-state index contributed by atoms with van der Waals surface area (Å²) in [6.45, 7) is 4.59. The molecular weight excluding hydrogens is 368 g/mol. The van der Waals surface area contributed by atoms with Gasteiger partial charge in [-0.3, -0.25) is 0 Å². The molecule has 5 heteroatoms. The van der Waals surface area contributed by atoms with E-state index in [9.17, 15) is 9.59 Å². The van der Waals surface area contributed by atoms with Gasteiger partial charge in [-0.2, -0.15) is 0 Å². The van der Waals surface area contributed by atoms with Crippen molar-refractivity contribution in [1.82, 2.24) is 0 Å². The number of allylic oxidation sites excluding steroid dienone is 2. The quantitative estimate of drug-likeness (QED) is 0.415. The van der Waals surface area contributed by atoms with Crippen molar-refractivity contribution in [2.45, 2.75) is 38.9 Å². The molecule has 1 saturated heterocycles. The van der Waals surface area contributed by atoms with Crippen molar-refractivity contribution in [3.8, 4) is 0 Å². The normalized spacial score (nSPS) is 56.2. The molecule has 7 aliphatic rings. The van der Waals surface area contributed by atoms with E-state index >= 15 is 0 Å². The molecule has 1 heterocycles. The maximum atomic E-state index is 12.3. The Morgan fingerprint density at radius 3 is 1.69 bits per heavy atom. The number of epoxide rings is 1. The number of fused-ring (bicyclic) bond motifs is 6.